The lowest BCUT2D eigenvalue weighted by molar-refractivity contribution is -0.124. The number of hydrogen-bond donors (Lipinski definition) is 1. The molecule has 1 aromatic carbocycles. The number of anilines is 1. The predicted molar refractivity (Wildman–Crippen MR) is 115 cm³/mol. The van der Waals surface area contributed by atoms with E-state index in [0.29, 0.717) is 10.8 Å². The number of nitrogens with zero attached hydrogens (tertiary/aromatic N) is 3. The van der Waals surface area contributed by atoms with Crippen LogP contribution in [0, 0.1) is 5.41 Å². The normalized spacial score (nSPS) is 12.3. The number of carbonyl (C=O) groups excluding carboxylic acids is 2. The standard InChI is InChI=1S/C22H24N4O2S/c1-22(2,20(28)25-21-24-17(14-29-21)19(27)26(3)4)18(15-8-6-5-7-9-15)16-10-12-23-13-11-16/h5-14,18H,1-4H3,(H,24,25,28). The van der Waals surface area contributed by atoms with Gasteiger partial charge < -0.3 is 10.2 Å². The Morgan fingerprint density at radius 2 is 1.66 bits per heavy atom. The third kappa shape index (κ3) is 4.51. The highest BCUT2D eigenvalue weighted by Crippen LogP contribution is 2.41. The maximum Gasteiger partial charge on any atom is 0.272 e. The second-order valence-corrected chi connectivity index (χ2v) is 8.40. The van der Waals surface area contributed by atoms with Crippen molar-refractivity contribution >= 4 is 28.3 Å². The van der Waals surface area contributed by atoms with Crippen LogP contribution in [0.15, 0.2) is 60.2 Å². The average Bonchev–Trinajstić information content (AvgIpc) is 3.17. The topological polar surface area (TPSA) is 75.2 Å². The van der Waals surface area contributed by atoms with Gasteiger partial charge in [0.2, 0.25) is 5.91 Å². The molecular formula is C22H24N4O2S. The first-order valence-corrected chi connectivity index (χ1v) is 10.1. The minimum atomic E-state index is -0.778. The second kappa shape index (κ2) is 8.53. The molecule has 0 aliphatic rings. The lowest BCUT2D eigenvalue weighted by Gasteiger charge is -2.33. The molecule has 0 aliphatic heterocycles. The number of hydrogen-bond acceptors (Lipinski definition) is 5. The van der Waals surface area contributed by atoms with Crippen LogP contribution >= 0.6 is 11.3 Å². The van der Waals surface area contributed by atoms with Gasteiger partial charge in [-0.05, 0) is 23.3 Å². The summed E-state index contributed by atoms with van der Waals surface area (Å²) in [6, 6.07) is 13.8. The molecule has 2 heterocycles. The average molecular weight is 409 g/mol. The molecule has 0 bridgehead atoms. The Balaban J connectivity index is 1.90. The van der Waals surface area contributed by atoms with E-state index >= 15 is 0 Å². The molecule has 6 nitrogen and oxygen atoms in total. The van der Waals surface area contributed by atoms with E-state index in [1.54, 1.807) is 31.9 Å². The molecule has 1 atom stereocenters. The number of rotatable bonds is 6. The number of pyridine rings is 1. The molecule has 2 amide bonds. The molecule has 0 saturated heterocycles. The van der Waals surface area contributed by atoms with Gasteiger partial charge in [-0.25, -0.2) is 4.98 Å². The van der Waals surface area contributed by atoms with Crippen molar-refractivity contribution in [3.63, 3.8) is 0 Å². The number of aromatic nitrogens is 2. The Kier molecular flexibility index (Phi) is 6.08. The van der Waals surface area contributed by atoms with Crippen LogP contribution in [-0.2, 0) is 4.79 Å². The molecule has 0 radical (unpaired) electrons. The quantitative estimate of drug-likeness (QED) is 0.668. The van der Waals surface area contributed by atoms with Gasteiger partial charge in [-0.3, -0.25) is 14.6 Å². The van der Waals surface area contributed by atoms with Crippen LogP contribution in [0.1, 0.15) is 41.4 Å². The van der Waals surface area contributed by atoms with E-state index in [2.05, 4.69) is 15.3 Å². The number of benzene rings is 1. The second-order valence-electron chi connectivity index (χ2n) is 7.54. The maximum absolute atomic E-state index is 13.3. The molecule has 0 saturated carbocycles. The van der Waals surface area contributed by atoms with Crippen LogP contribution in [0.2, 0.25) is 0 Å². The highest BCUT2D eigenvalue weighted by Gasteiger charge is 2.39. The monoisotopic (exact) mass is 408 g/mol. The van der Waals surface area contributed by atoms with Crippen molar-refractivity contribution < 1.29 is 9.59 Å². The molecule has 1 N–H and O–H groups in total. The van der Waals surface area contributed by atoms with E-state index in [1.807, 2.05) is 56.3 Å². The number of nitrogens with one attached hydrogen (secondary N) is 1. The maximum atomic E-state index is 13.3. The summed E-state index contributed by atoms with van der Waals surface area (Å²) in [7, 11) is 3.34. The summed E-state index contributed by atoms with van der Waals surface area (Å²) in [5, 5.41) is 4.97. The molecule has 150 valence electrons. The molecular weight excluding hydrogens is 384 g/mol. The van der Waals surface area contributed by atoms with Crippen LogP contribution in [0.3, 0.4) is 0 Å². The van der Waals surface area contributed by atoms with Crippen molar-refractivity contribution in [2.75, 3.05) is 19.4 Å². The van der Waals surface area contributed by atoms with Crippen LogP contribution < -0.4 is 5.32 Å². The predicted octanol–water partition coefficient (Wildman–Crippen LogP) is 4.04. The molecule has 0 spiro atoms. The molecule has 3 rings (SSSR count). The zero-order valence-corrected chi connectivity index (χ0v) is 17.7. The zero-order chi connectivity index (χ0) is 21.0. The summed E-state index contributed by atoms with van der Waals surface area (Å²) < 4.78 is 0. The van der Waals surface area contributed by atoms with E-state index in [1.165, 1.54) is 16.2 Å². The summed E-state index contributed by atoms with van der Waals surface area (Å²) in [6.45, 7) is 3.83. The molecule has 0 fully saturated rings. The van der Waals surface area contributed by atoms with Crippen molar-refractivity contribution in [2.45, 2.75) is 19.8 Å². The first-order chi connectivity index (χ1) is 13.8. The fraction of sp³-hybridized carbons (Fsp3) is 0.273. The highest BCUT2D eigenvalue weighted by molar-refractivity contribution is 7.14. The Morgan fingerprint density at radius 3 is 2.28 bits per heavy atom. The largest absolute Gasteiger partial charge is 0.343 e. The van der Waals surface area contributed by atoms with Gasteiger partial charge in [0.1, 0.15) is 5.69 Å². The van der Waals surface area contributed by atoms with Gasteiger partial charge in [-0.15, -0.1) is 11.3 Å². The smallest absolute Gasteiger partial charge is 0.272 e. The van der Waals surface area contributed by atoms with Crippen LogP contribution in [-0.4, -0.2) is 40.8 Å². The fourth-order valence-corrected chi connectivity index (χ4v) is 3.95. The summed E-state index contributed by atoms with van der Waals surface area (Å²) in [5.74, 6) is -0.532. The summed E-state index contributed by atoms with van der Waals surface area (Å²) in [6.07, 6.45) is 3.47. The van der Waals surface area contributed by atoms with Gasteiger partial charge in [0.05, 0.1) is 5.41 Å². The van der Waals surface area contributed by atoms with Crippen molar-refractivity contribution in [1.82, 2.24) is 14.9 Å². The lowest BCUT2D eigenvalue weighted by atomic mass is 9.71. The molecule has 2 aromatic heterocycles. The number of amides is 2. The Bertz CT molecular complexity index is 945. The Morgan fingerprint density at radius 1 is 1.03 bits per heavy atom. The van der Waals surface area contributed by atoms with Gasteiger partial charge in [-0.2, -0.15) is 0 Å². The van der Waals surface area contributed by atoms with E-state index in [0.717, 1.165) is 11.1 Å². The molecule has 1 unspecified atom stereocenters. The number of thiazole rings is 1. The summed E-state index contributed by atoms with van der Waals surface area (Å²) >= 11 is 1.24. The van der Waals surface area contributed by atoms with E-state index in [-0.39, 0.29) is 17.7 Å². The first kappa shape index (κ1) is 20.7. The zero-order valence-electron chi connectivity index (χ0n) is 16.9. The van der Waals surface area contributed by atoms with E-state index in [9.17, 15) is 9.59 Å². The van der Waals surface area contributed by atoms with Crippen molar-refractivity contribution in [2.24, 2.45) is 5.41 Å². The van der Waals surface area contributed by atoms with Gasteiger partial charge in [0, 0.05) is 37.8 Å². The molecule has 0 aliphatic carbocycles. The third-order valence-corrected chi connectivity index (χ3v) is 5.59. The van der Waals surface area contributed by atoms with Crippen LogP contribution in [0.5, 0.6) is 0 Å². The lowest BCUT2D eigenvalue weighted by Crippen LogP contribution is -2.37. The van der Waals surface area contributed by atoms with Crippen LogP contribution in [0.4, 0.5) is 5.13 Å². The van der Waals surface area contributed by atoms with Gasteiger partial charge in [0.15, 0.2) is 5.13 Å². The van der Waals surface area contributed by atoms with Crippen molar-refractivity contribution in [1.29, 1.82) is 0 Å². The Hall–Kier alpha value is -3.06. The Labute approximate surface area is 174 Å². The highest BCUT2D eigenvalue weighted by atomic mass is 32.1. The SMILES string of the molecule is CN(C)C(=O)c1csc(NC(=O)C(C)(C)C(c2ccccc2)c2ccncc2)n1. The minimum absolute atomic E-state index is 0.165. The summed E-state index contributed by atoms with van der Waals surface area (Å²) in [4.78, 5) is 35.2. The third-order valence-electron chi connectivity index (χ3n) is 4.83. The summed E-state index contributed by atoms with van der Waals surface area (Å²) in [5.41, 5.74) is 1.59. The molecule has 7 heteroatoms. The van der Waals surface area contributed by atoms with Crippen LogP contribution in [0.25, 0.3) is 0 Å². The number of carbonyl (C=O) groups is 2. The molecule has 3 aromatic rings. The van der Waals surface area contributed by atoms with Gasteiger partial charge in [-0.1, -0.05) is 44.2 Å². The van der Waals surface area contributed by atoms with Gasteiger partial charge in [0.25, 0.3) is 5.91 Å². The van der Waals surface area contributed by atoms with Crippen molar-refractivity contribution in [3.05, 3.63) is 77.1 Å². The van der Waals surface area contributed by atoms with E-state index in [4.69, 9.17) is 0 Å². The molecule has 29 heavy (non-hydrogen) atoms. The van der Waals surface area contributed by atoms with Gasteiger partial charge >= 0.3 is 0 Å². The minimum Gasteiger partial charge on any atom is -0.343 e. The first-order valence-electron chi connectivity index (χ1n) is 9.24. The van der Waals surface area contributed by atoms with Crippen molar-refractivity contribution in [3.8, 4) is 0 Å². The van der Waals surface area contributed by atoms with E-state index < -0.39 is 5.41 Å². The fourth-order valence-electron chi connectivity index (χ4n) is 3.27.